The molecule has 0 aromatic carbocycles. The minimum atomic E-state index is 0.0606. The monoisotopic (exact) mass is 246 g/mol. The fraction of sp³-hybridized carbons (Fsp3) is 0.385. The fourth-order valence-corrected chi connectivity index (χ4v) is 1.99. The summed E-state index contributed by atoms with van der Waals surface area (Å²) in [5.74, 6) is 0.789. The van der Waals surface area contributed by atoms with Crippen molar-refractivity contribution in [3.63, 3.8) is 0 Å². The lowest BCUT2D eigenvalue weighted by atomic mass is 10.1. The molecule has 96 valence electrons. The number of aromatic nitrogens is 3. The first-order valence-corrected chi connectivity index (χ1v) is 5.99. The van der Waals surface area contributed by atoms with E-state index >= 15 is 0 Å². The van der Waals surface area contributed by atoms with Gasteiger partial charge in [-0.3, -0.25) is 9.67 Å². The summed E-state index contributed by atoms with van der Waals surface area (Å²) in [6.07, 6.45) is 5.36. The Hall–Kier alpha value is -1.88. The Bertz CT molecular complexity index is 509. The average Bonchev–Trinajstić information content (AvgIpc) is 2.78. The van der Waals surface area contributed by atoms with Crippen LogP contribution >= 0.6 is 0 Å². The third kappa shape index (κ3) is 2.51. The molecule has 0 spiro atoms. The van der Waals surface area contributed by atoms with Crippen molar-refractivity contribution in [2.24, 2.45) is 7.05 Å². The van der Waals surface area contributed by atoms with E-state index in [1.54, 1.807) is 12.4 Å². The molecule has 5 nitrogen and oxygen atoms in total. The van der Waals surface area contributed by atoms with Crippen molar-refractivity contribution in [3.8, 4) is 5.75 Å². The minimum Gasteiger partial charge on any atom is -0.492 e. The van der Waals surface area contributed by atoms with E-state index in [4.69, 9.17) is 4.74 Å². The molecule has 0 aliphatic rings. The molecule has 0 fully saturated rings. The van der Waals surface area contributed by atoms with Crippen molar-refractivity contribution in [3.05, 3.63) is 42.0 Å². The van der Waals surface area contributed by atoms with Crippen molar-refractivity contribution >= 4 is 0 Å². The topological polar surface area (TPSA) is 52.0 Å². The van der Waals surface area contributed by atoms with Gasteiger partial charge < -0.3 is 10.1 Å². The second-order valence-electron chi connectivity index (χ2n) is 3.99. The van der Waals surface area contributed by atoms with Crippen LogP contribution < -0.4 is 10.1 Å². The number of hydrogen-bond acceptors (Lipinski definition) is 4. The first-order valence-electron chi connectivity index (χ1n) is 5.99. The zero-order chi connectivity index (χ0) is 13.0. The molecule has 2 heterocycles. The quantitative estimate of drug-likeness (QED) is 0.869. The molecule has 0 amide bonds. The Morgan fingerprint density at radius 1 is 1.44 bits per heavy atom. The van der Waals surface area contributed by atoms with E-state index in [1.807, 2.05) is 44.0 Å². The molecule has 1 atom stereocenters. The normalized spacial score (nSPS) is 12.4. The van der Waals surface area contributed by atoms with Gasteiger partial charge in [0.15, 0.2) is 0 Å². The largest absolute Gasteiger partial charge is 0.492 e. The molecule has 0 saturated heterocycles. The van der Waals surface area contributed by atoms with Gasteiger partial charge in [-0.15, -0.1) is 0 Å². The van der Waals surface area contributed by atoms with Gasteiger partial charge in [-0.2, -0.15) is 5.10 Å². The van der Waals surface area contributed by atoms with Crippen LogP contribution in [-0.2, 0) is 7.05 Å². The molecule has 1 unspecified atom stereocenters. The molecule has 0 bridgehead atoms. The van der Waals surface area contributed by atoms with Crippen molar-refractivity contribution in [2.45, 2.75) is 13.0 Å². The second kappa shape index (κ2) is 5.64. The molecule has 0 aliphatic carbocycles. The van der Waals surface area contributed by atoms with E-state index in [0.717, 1.165) is 17.0 Å². The fourth-order valence-electron chi connectivity index (χ4n) is 1.99. The predicted octanol–water partition coefficient (Wildman–Crippen LogP) is 1.52. The van der Waals surface area contributed by atoms with Crippen molar-refractivity contribution in [1.29, 1.82) is 0 Å². The second-order valence-corrected chi connectivity index (χ2v) is 3.99. The summed E-state index contributed by atoms with van der Waals surface area (Å²) in [5, 5.41) is 7.47. The van der Waals surface area contributed by atoms with Crippen LogP contribution in [0.15, 0.2) is 30.7 Å². The van der Waals surface area contributed by atoms with Crippen LogP contribution in [0.4, 0.5) is 0 Å². The van der Waals surface area contributed by atoms with Gasteiger partial charge in [-0.25, -0.2) is 0 Å². The van der Waals surface area contributed by atoms with Crippen LogP contribution in [0.2, 0.25) is 0 Å². The van der Waals surface area contributed by atoms with Gasteiger partial charge in [0.1, 0.15) is 5.75 Å². The SMILES string of the molecule is CCOc1cncc(C(NC)c2ccnn2C)c1. The molecule has 0 aliphatic heterocycles. The molecule has 2 rings (SSSR count). The Morgan fingerprint density at radius 3 is 2.89 bits per heavy atom. The highest BCUT2D eigenvalue weighted by Gasteiger charge is 2.16. The maximum absolute atomic E-state index is 5.48. The number of nitrogens with zero attached hydrogens (tertiary/aromatic N) is 3. The molecular weight excluding hydrogens is 228 g/mol. The third-order valence-electron chi connectivity index (χ3n) is 2.82. The number of ether oxygens (including phenoxy) is 1. The Kier molecular flexibility index (Phi) is 3.94. The third-order valence-corrected chi connectivity index (χ3v) is 2.82. The average molecular weight is 246 g/mol. The molecule has 1 N–H and O–H groups in total. The number of nitrogens with one attached hydrogen (secondary N) is 1. The summed E-state index contributed by atoms with van der Waals surface area (Å²) in [6, 6.07) is 4.06. The van der Waals surface area contributed by atoms with Crippen molar-refractivity contribution in [1.82, 2.24) is 20.1 Å². The van der Waals surface area contributed by atoms with Crippen LogP contribution in [0.5, 0.6) is 5.75 Å². The minimum absolute atomic E-state index is 0.0606. The number of pyridine rings is 1. The maximum Gasteiger partial charge on any atom is 0.137 e. The lowest BCUT2D eigenvalue weighted by molar-refractivity contribution is 0.338. The van der Waals surface area contributed by atoms with Gasteiger partial charge >= 0.3 is 0 Å². The van der Waals surface area contributed by atoms with Gasteiger partial charge in [0, 0.05) is 19.4 Å². The lowest BCUT2D eigenvalue weighted by Crippen LogP contribution is -2.20. The van der Waals surface area contributed by atoms with Crippen LogP contribution in [0.1, 0.15) is 24.2 Å². The summed E-state index contributed by atoms with van der Waals surface area (Å²) < 4.78 is 7.33. The molecule has 0 radical (unpaired) electrons. The van der Waals surface area contributed by atoms with Gasteiger partial charge in [0.05, 0.1) is 24.5 Å². The standard InChI is InChI=1S/C13H18N4O/c1-4-18-11-7-10(8-15-9-11)13(14-2)12-5-6-16-17(12)3/h5-9,13-14H,4H2,1-3H3. The van der Waals surface area contributed by atoms with Gasteiger partial charge in [-0.05, 0) is 31.7 Å². The summed E-state index contributed by atoms with van der Waals surface area (Å²) in [4.78, 5) is 4.22. The van der Waals surface area contributed by atoms with E-state index in [-0.39, 0.29) is 6.04 Å². The number of hydrogen-bond donors (Lipinski definition) is 1. The van der Waals surface area contributed by atoms with Crippen molar-refractivity contribution in [2.75, 3.05) is 13.7 Å². The highest BCUT2D eigenvalue weighted by molar-refractivity contribution is 5.31. The van der Waals surface area contributed by atoms with Crippen LogP contribution in [-0.4, -0.2) is 28.4 Å². The van der Waals surface area contributed by atoms with E-state index in [2.05, 4.69) is 15.4 Å². The van der Waals surface area contributed by atoms with E-state index in [1.165, 1.54) is 0 Å². The predicted molar refractivity (Wildman–Crippen MR) is 69.5 cm³/mol. The first-order chi connectivity index (χ1) is 8.76. The molecule has 2 aromatic heterocycles. The number of rotatable bonds is 5. The summed E-state index contributed by atoms with van der Waals surface area (Å²) in [6.45, 7) is 2.60. The Morgan fingerprint density at radius 2 is 2.28 bits per heavy atom. The van der Waals surface area contributed by atoms with E-state index in [0.29, 0.717) is 6.61 Å². The van der Waals surface area contributed by atoms with Crippen LogP contribution in [0.25, 0.3) is 0 Å². The smallest absolute Gasteiger partial charge is 0.137 e. The molecule has 0 saturated carbocycles. The van der Waals surface area contributed by atoms with Gasteiger partial charge in [0.2, 0.25) is 0 Å². The van der Waals surface area contributed by atoms with Crippen molar-refractivity contribution < 1.29 is 4.74 Å². The summed E-state index contributed by atoms with van der Waals surface area (Å²) >= 11 is 0. The maximum atomic E-state index is 5.48. The van der Waals surface area contributed by atoms with Crippen LogP contribution in [0, 0.1) is 0 Å². The van der Waals surface area contributed by atoms with E-state index < -0.39 is 0 Å². The summed E-state index contributed by atoms with van der Waals surface area (Å²) in [7, 11) is 3.85. The highest BCUT2D eigenvalue weighted by atomic mass is 16.5. The van der Waals surface area contributed by atoms with E-state index in [9.17, 15) is 0 Å². The molecule has 18 heavy (non-hydrogen) atoms. The molecule has 5 heteroatoms. The Labute approximate surface area is 107 Å². The van der Waals surface area contributed by atoms with Crippen LogP contribution in [0.3, 0.4) is 0 Å². The molecular formula is C13H18N4O. The Balaban J connectivity index is 2.33. The van der Waals surface area contributed by atoms with Gasteiger partial charge in [0.25, 0.3) is 0 Å². The first kappa shape index (κ1) is 12.6. The highest BCUT2D eigenvalue weighted by Crippen LogP contribution is 2.23. The van der Waals surface area contributed by atoms with Gasteiger partial charge in [-0.1, -0.05) is 0 Å². The molecule has 2 aromatic rings. The number of aryl methyl sites for hydroxylation is 1. The zero-order valence-corrected chi connectivity index (χ0v) is 10.9. The zero-order valence-electron chi connectivity index (χ0n) is 10.9. The summed E-state index contributed by atoms with van der Waals surface area (Å²) in [5.41, 5.74) is 2.15. The lowest BCUT2D eigenvalue weighted by Gasteiger charge is -2.17.